The Kier molecular flexibility index (Phi) is 5.09. The number of rotatable bonds is 6. The second-order valence-corrected chi connectivity index (χ2v) is 12.5. The smallest absolute Gasteiger partial charge is 0.308 e. The minimum Gasteiger partial charge on any atom is -0.482 e. The molecule has 0 radical (unpaired) electrons. The molecule has 1 N–H and O–H groups in total. The largest absolute Gasteiger partial charge is 0.482 e. The lowest BCUT2D eigenvalue weighted by atomic mass is 9.36. The summed E-state index contributed by atoms with van der Waals surface area (Å²) in [6.45, 7) is 4.38. The Morgan fingerprint density at radius 1 is 1.21 bits per heavy atom. The van der Waals surface area contributed by atoms with Gasteiger partial charge in [-0.05, 0) is 69.8 Å². The van der Waals surface area contributed by atoms with Crippen LogP contribution in [0.1, 0.15) is 49.8 Å². The quantitative estimate of drug-likeness (QED) is 0.353. The molecule has 2 aromatic rings. The zero-order chi connectivity index (χ0) is 26.5. The number of carbonyl (C=O) groups excluding carboxylic acids is 1. The SMILES string of the molecule is CO[C@@]12C=CC3(C[C@@H]1[C@](C)(O)CCc1ccccc1)[C@H]1Cc4ccc(OC(C)=O)c5c4[C@@]3(CCN1C)[C@H]2O5. The van der Waals surface area contributed by atoms with Gasteiger partial charge in [0.05, 0.1) is 11.0 Å². The number of hydrogen-bond donors (Lipinski definition) is 1. The molecule has 2 aliphatic heterocycles. The standard InChI is InChI=1S/C32H37NO5/c1-20(34)37-23-11-10-22-18-25-30-14-15-32(36-4,28-31(30,16-17-33(25)3)26(22)27(23)38-28)24(19-30)29(2,35)13-12-21-8-6-5-7-9-21/h5-11,14-15,24-25,28,35H,12-13,16-19H2,1-4H3/t24-,25-,28-,29-,30?,31+,32+/m1/s1. The average Bonchev–Trinajstić information content (AvgIpc) is 3.28. The summed E-state index contributed by atoms with van der Waals surface area (Å²) in [5, 5.41) is 12.2. The van der Waals surface area contributed by atoms with Crippen LogP contribution in [0, 0.1) is 11.3 Å². The number of fused-ring (bicyclic) bond motifs is 1. The van der Waals surface area contributed by atoms with Crippen molar-refractivity contribution in [2.45, 2.75) is 74.7 Å². The summed E-state index contributed by atoms with van der Waals surface area (Å²) in [6.07, 6.45) is 8.41. The molecule has 0 aromatic heterocycles. The number of aliphatic hydroxyl groups is 1. The highest BCUT2D eigenvalue weighted by molar-refractivity contribution is 5.73. The molecule has 2 fully saturated rings. The highest BCUT2D eigenvalue weighted by Crippen LogP contribution is 2.75. The molecule has 7 atom stereocenters. The first kappa shape index (κ1) is 24.4. The summed E-state index contributed by atoms with van der Waals surface area (Å²) < 4.78 is 19.2. The summed E-state index contributed by atoms with van der Waals surface area (Å²) in [4.78, 5) is 14.5. The molecule has 6 heteroatoms. The zero-order valence-electron chi connectivity index (χ0n) is 22.7. The molecule has 0 amide bonds. The number of ether oxygens (including phenoxy) is 3. The second-order valence-electron chi connectivity index (χ2n) is 12.5. The summed E-state index contributed by atoms with van der Waals surface area (Å²) in [5.74, 6) is 0.678. The van der Waals surface area contributed by atoms with Crippen molar-refractivity contribution >= 4 is 5.97 Å². The van der Waals surface area contributed by atoms with E-state index in [4.69, 9.17) is 14.2 Å². The molecule has 4 aliphatic carbocycles. The van der Waals surface area contributed by atoms with Crippen LogP contribution in [0.5, 0.6) is 11.5 Å². The van der Waals surface area contributed by atoms with Crippen molar-refractivity contribution in [2.75, 3.05) is 20.7 Å². The van der Waals surface area contributed by atoms with Crippen LogP contribution in [0.2, 0.25) is 0 Å². The molecule has 6 nitrogen and oxygen atoms in total. The van der Waals surface area contributed by atoms with E-state index in [1.165, 1.54) is 23.6 Å². The van der Waals surface area contributed by atoms with E-state index in [1.807, 2.05) is 19.1 Å². The molecular weight excluding hydrogens is 478 g/mol. The first-order chi connectivity index (χ1) is 18.2. The van der Waals surface area contributed by atoms with Crippen LogP contribution >= 0.6 is 0 Å². The van der Waals surface area contributed by atoms with Crippen molar-refractivity contribution in [1.82, 2.24) is 4.90 Å². The van der Waals surface area contributed by atoms with Crippen molar-refractivity contribution in [1.29, 1.82) is 0 Å². The van der Waals surface area contributed by atoms with Gasteiger partial charge in [-0.15, -0.1) is 0 Å². The Labute approximate surface area is 224 Å². The molecule has 2 aromatic carbocycles. The molecule has 1 saturated carbocycles. The summed E-state index contributed by atoms with van der Waals surface area (Å²) >= 11 is 0. The van der Waals surface area contributed by atoms with Crippen LogP contribution in [0.4, 0.5) is 0 Å². The van der Waals surface area contributed by atoms with Crippen LogP contribution < -0.4 is 9.47 Å². The van der Waals surface area contributed by atoms with Gasteiger partial charge < -0.3 is 24.2 Å². The number of aryl methyl sites for hydroxylation is 1. The van der Waals surface area contributed by atoms with E-state index in [2.05, 4.69) is 54.4 Å². The number of likely N-dealkylation sites (tertiary alicyclic amines) is 1. The lowest BCUT2D eigenvalue weighted by Crippen LogP contribution is -2.80. The number of carbonyl (C=O) groups is 1. The van der Waals surface area contributed by atoms with Crippen molar-refractivity contribution in [3.05, 3.63) is 71.3 Å². The van der Waals surface area contributed by atoms with E-state index in [0.29, 0.717) is 24.0 Å². The molecule has 8 rings (SSSR count). The van der Waals surface area contributed by atoms with Crippen LogP contribution in [0.15, 0.2) is 54.6 Å². The zero-order valence-corrected chi connectivity index (χ0v) is 22.7. The van der Waals surface area contributed by atoms with Gasteiger partial charge in [-0.1, -0.05) is 48.6 Å². The molecular formula is C32H37NO5. The Bertz CT molecular complexity index is 1340. The highest BCUT2D eigenvalue weighted by atomic mass is 16.6. The van der Waals surface area contributed by atoms with Gasteiger partial charge in [-0.25, -0.2) is 0 Å². The van der Waals surface area contributed by atoms with Crippen molar-refractivity contribution in [3.63, 3.8) is 0 Å². The predicted octanol–water partition coefficient (Wildman–Crippen LogP) is 4.22. The van der Waals surface area contributed by atoms with Gasteiger partial charge in [0.1, 0.15) is 11.7 Å². The number of piperidine rings is 1. The predicted molar refractivity (Wildman–Crippen MR) is 143 cm³/mol. The third kappa shape index (κ3) is 2.86. The van der Waals surface area contributed by atoms with E-state index in [9.17, 15) is 9.90 Å². The number of hydrogen-bond acceptors (Lipinski definition) is 6. The third-order valence-corrected chi connectivity index (χ3v) is 10.8. The van der Waals surface area contributed by atoms with Gasteiger partial charge in [0.25, 0.3) is 0 Å². The van der Waals surface area contributed by atoms with Crippen LogP contribution in [0.3, 0.4) is 0 Å². The van der Waals surface area contributed by atoms with Gasteiger partial charge in [0.15, 0.2) is 11.5 Å². The maximum Gasteiger partial charge on any atom is 0.308 e. The Hall–Kier alpha value is -2.67. The number of nitrogens with zero attached hydrogens (tertiary/aromatic N) is 1. The van der Waals surface area contributed by atoms with Crippen LogP contribution in [-0.2, 0) is 27.8 Å². The maximum atomic E-state index is 12.2. The third-order valence-electron chi connectivity index (χ3n) is 10.8. The summed E-state index contributed by atoms with van der Waals surface area (Å²) in [7, 11) is 3.99. The summed E-state index contributed by atoms with van der Waals surface area (Å²) in [5.41, 5.74) is 1.43. The van der Waals surface area contributed by atoms with Gasteiger partial charge in [-0.2, -0.15) is 0 Å². The topological polar surface area (TPSA) is 68.2 Å². The fourth-order valence-corrected chi connectivity index (χ4v) is 9.20. The molecule has 6 aliphatic rings. The average molecular weight is 516 g/mol. The minimum absolute atomic E-state index is 0.158. The minimum atomic E-state index is -0.977. The van der Waals surface area contributed by atoms with Gasteiger partial charge >= 0.3 is 5.97 Å². The summed E-state index contributed by atoms with van der Waals surface area (Å²) in [6, 6.07) is 14.7. The first-order valence-corrected chi connectivity index (χ1v) is 13.9. The molecule has 200 valence electrons. The van der Waals surface area contributed by atoms with Gasteiger partial charge in [0, 0.05) is 37.0 Å². The van der Waals surface area contributed by atoms with E-state index in [1.54, 1.807) is 7.11 Å². The van der Waals surface area contributed by atoms with Crippen molar-refractivity contribution in [3.8, 4) is 11.5 Å². The normalized spacial score (nSPS) is 37.3. The Balaban J connectivity index is 1.38. The highest BCUT2D eigenvalue weighted by Gasteiger charge is 2.80. The number of methoxy groups -OCH3 is 1. The lowest BCUT2D eigenvalue weighted by molar-refractivity contribution is -0.247. The number of esters is 1. The van der Waals surface area contributed by atoms with Crippen LogP contribution in [0.25, 0.3) is 0 Å². The fraction of sp³-hybridized carbons (Fsp3) is 0.531. The maximum absolute atomic E-state index is 12.2. The van der Waals surface area contributed by atoms with Crippen molar-refractivity contribution < 1.29 is 24.1 Å². The van der Waals surface area contributed by atoms with E-state index < -0.39 is 11.2 Å². The van der Waals surface area contributed by atoms with Gasteiger partial charge in [-0.3, -0.25) is 4.79 Å². The van der Waals surface area contributed by atoms with Crippen LogP contribution in [-0.4, -0.2) is 60.0 Å². The first-order valence-electron chi connectivity index (χ1n) is 13.9. The monoisotopic (exact) mass is 515 g/mol. The molecule has 1 unspecified atom stereocenters. The van der Waals surface area contributed by atoms with Crippen molar-refractivity contribution in [2.24, 2.45) is 11.3 Å². The second kappa shape index (κ2) is 7.93. The molecule has 2 heterocycles. The van der Waals surface area contributed by atoms with E-state index in [0.717, 1.165) is 32.2 Å². The number of benzene rings is 2. The molecule has 2 spiro atoms. The molecule has 1 saturated heterocycles. The van der Waals surface area contributed by atoms with Gasteiger partial charge in [0.2, 0.25) is 0 Å². The molecule has 4 bridgehead atoms. The lowest BCUT2D eigenvalue weighted by Gasteiger charge is -2.72. The Morgan fingerprint density at radius 3 is 2.74 bits per heavy atom. The molecule has 38 heavy (non-hydrogen) atoms. The number of likely N-dealkylation sites (N-methyl/N-ethyl adjacent to an activating group) is 1. The Morgan fingerprint density at radius 2 is 2.00 bits per heavy atom. The van der Waals surface area contributed by atoms with E-state index >= 15 is 0 Å². The van der Waals surface area contributed by atoms with E-state index in [-0.39, 0.29) is 28.8 Å². The fourth-order valence-electron chi connectivity index (χ4n) is 9.20.